The van der Waals surface area contributed by atoms with Crippen LogP contribution in [0.5, 0.6) is 0 Å². The summed E-state index contributed by atoms with van der Waals surface area (Å²) < 4.78 is 3.76. The van der Waals surface area contributed by atoms with Crippen molar-refractivity contribution in [2.45, 2.75) is 32.1 Å². The number of likely N-dealkylation sites (tertiary alicyclic amines) is 1. The molecule has 2 aliphatic heterocycles. The predicted octanol–water partition coefficient (Wildman–Crippen LogP) is 1.86. The van der Waals surface area contributed by atoms with Crippen molar-refractivity contribution in [1.29, 1.82) is 0 Å². The minimum Gasteiger partial charge on any atom is -0.337 e. The highest BCUT2D eigenvalue weighted by Crippen LogP contribution is 2.25. The van der Waals surface area contributed by atoms with Gasteiger partial charge in [-0.1, -0.05) is 4.49 Å². The third-order valence-corrected chi connectivity index (χ3v) is 6.35. The average molecular weight is 377 g/mol. The van der Waals surface area contributed by atoms with E-state index in [2.05, 4.69) is 14.6 Å². The lowest BCUT2D eigenvalue weighted by atomic mass is 10.1. The first-order valence-electron chi connectivity index (χ1n) is 8.56. The Balaban J connectivity index is 1.44. The van der Waals surface area contributed by atoms with E-state index in [0.29, 0.717) is 30.2 Å². The maximum atomic E-state index is 12.6. The van der Waals surface area contributed by atoms with E-state index in [0.717, 1.165) is 42.9 Å². The zero-order chi connectivity index (χ0) is 17.2. The topological polar surface area (TPSA) is 79.3 Å². The maximum absolute atomic E-state index is 12.6. The second-order valence-electron chi connectivity index (χ2n) is 6.32. The summed E-state index contributed by atoms with van der Waals surface area (Å²) in [5, 5.41) is 6.15. The van der Waals surface area contributed by atoms with Crippen molar-refractivity contribution >= 4 is 34.7 Å². The number of hydrogen-bond donors (Lipinski definition) is 0. The van der Waals surface area contributed by atoms with Gasteiger partial charge < -0.3 is 9.80 Å². The first-order valence-corrected chi connectivity index (χ1v) is 10.2. The van der Waals surface area contributed by atoms with Crippen molar-refractivity contribution in [2.24, 2.45) is 0 Å². The number of rotatable bonds is 2. The molecule has 0 spiro atoms. The van der Waals surface area contributed by atoms with E-state index in [-0.39, 0.29) is 11.8 Å². The first-order chi connectivity index (χ1) is 12.2. The van der Waals surface area contributed by atoms with Gasteiger partial charge in [0.2, 0.25) is 0 Å². The Morgan fingerprint density at radius 1 is 0.960 bits per heavy atom. The number of piperidine rings is 1. The molecule has 0 N–H and O–H groups in total. The van der Waals surface area contributed by atoms with Crippen LogP contribution >= 0.6 is 22.9 Å². The monoisotopic (exact) mass is 377 g/mol. The molecular formula is C16H19N5O2S2. The Hall–Kier alpha value is -1.87. The third kappa shape index (κ3) is 3.43. The molecule has 1 fully saturated rings. The zero-order valence-electron chi connectivity index (χ0n) is 13.8. The Kier molecular flexibility index (Phi) is 4.76. The summed E-state index contributed by atoms with van der Waals surface area (Å²) in [6.07, 6.45) is 4.79. The van der Waals surface area contributed by atoms with Gasteiger partial charge in [0.15, 0.2) is 10.7 Å². The number of carbonyl (C=O) groups excluding carboxylic acids is 2. The van der Waals surface area contributed by atoms with E-state index < -0.39 is 0 Å². The molecule has 1 saturated heterocycles. The Morgan fingerprint density at radius 2 is 1.72 bits per heavy atom. The highest BCUT2D eigenvalue weighted by Gasteiger charge is 2.27. The van der Waals surface area contributed by atoms with E-state index in [1.807, 2.05) is 4.90 Å². The molecule has 4 heterocycles. The third-order valence-electron chi connectivity index (χ3n) is 4.70. The van der Waals surface area contributed by atoms with Crippen molar-refractivity contribution in [2.75, 3.05) is 26.2 Å². The summed E-state index contributed by atoms with van der Waals surface area (Å²) in [7, 11) is 0. The van der Waals surface area contributed by atoms with Crippen LogP contribution in [0, 0.1) is 0 Å². The molecule has 4 rings (SSSR count). The number of fused-ring (bicyclic) bond motifs is 1. The molecule has 0 aromatic carbocycles. The average Bonchev–Trinajstić information content (AvgIpc) is 3.28. The van der Waals surface area contributed by atoms with Gasteiger partial charge in [0.05, 0.1) is 5.69 Å². The fourth-order valence-corrected chi connectivity index (χ4v) is 4.80. The Morgan fingerprint density at radius 3 is 2.48 bits per heavy atom. The lowest BCUT2D eigenvalue weighted by molar-refractivity contribution is 0.0720. The quantitative estimate of drug-likeness (QED) is 0.798. The SMILES string of the molecule is O=C(c1csnn1)N1CCc2nc(C(=O)N3CCCCC3)sc2CC1. The number of aromatic nitrogens is 3. The van der Waals surface area contributed by atoms with Crippen LogP contribution < -0.4 is 0 Å². The lowest BCUT2D eigenvalue weighted by Gasteiger charge is -2.25. The van der Waals surface area contributed by atoms with Crippen LogP contribution in [0.4, 0.5) is 0 Å². The number of thiazole rings is 1. The van der Waals surface area contributed by atoms with Crippen molar-refractivity contribution in [3.8, 4) is 0 Å². The van der Waals surface area contributed by atoms with E-state index in [9.17, 15) is 9.59 Å². The fraction of sp³-hybridized carbons (Fsp3) is 0.562. The molecule has 2 aromatic heterocycles. The van der Waals surface area contributed by atoms with Gasteiger partial charge in [-0.25, -0.2) is 4.98 Å². The van der Waals surface area contributed by atoms with E-state index in [1.54, 1.807) is 10.3 Å². The molecule has 0 atom stereocenters. The second-order valence-corrected chi connectivity index (χ2v) is 8.02. The molecule has 0 unspecified atom stereocenters. The Labute approximate surface area is 153 Å². The highest BCUT2D eigenvalue weighted by atomic mass is 32.1. The molecule has 9 heteroatoms. The second kappa shape index (κ2) is 7.17. The van der Waals surface area contributed by atoms with E-state index >= 15 is 0 Å². The lowest BCUT2D eigenvalue weighted by Crippen LogP contribution is -2.35. The molecular weight excluding hydrogens is 358 g/mol. The summed E-state index contributed by atoms with van der Waals surface area (Å²) in [6, 6.07) is 0. The molecule has 0 bridgehead atoms. The number of nitrogens with zero attached hydrogens (tertiary/aromatic N) is 5. The van der Waals surface area contributed by atoms with Crippen molar-refractivity contribution < 1.29 is 9.59 Å². The fourth-order valence-electron chi connectivity index (χ4n) is 3.31. The van der Waals surface area contributed by atoms with Crippen LogP contribution in [0.15, 0.2) is 5.38 Å². The predicted molar refractivity (Wildman–Crippen MR) is 95.1 cm³/mol. The molecule has 2 amide bonds. The van der Waals surface area contributed by atoms with Crippen LogP contribution in [0.2, 0.25) is 0 Å². The number of hydrogen-bond acceptors (Lipinski definition) is 7. The first kappa shape index (κ1) is 16.6. The van der Waals surface area contributed by atoms with Gasteiger partial charge in [-0.15, -0.1) is 16.4 Å². The standard InChI is InChI=1S/C16H19N5O2S2/c22-15(12-10-24-19-18-12)21-8-4-11-13(5-9-21)25-14(17-11)16(23)20-6-2-1-3-7-20/h10H,1-9H2. The summed E-state index contributed by atoms with van der Waals surface area (Å²) in [6.45, 7) is 2.91. The van der Waals surface area contributed by atoms with Gasteiger partial charge in [0.25, 0.3) is 11.8 Å². The summed E-state index contributed by atoms with van der Waals surface area (Å²) in [5.74, 6) is -0.00669. The van der Waals surface area contributed by atoms with Crippen molar-refractivity contribution in [3.05, 3.63) is 26.7 Å². The summed E-state index contributed by atoms with van der Waals surface area (Å²) in [5.41, 5.74) is 1.38. The van der Waals surface area contributed by atoms with Gasteiger partial charge in [-0.3, -0.25) is 9.59 Å². The molecule has 2 aromatic rings. The molecule has 0 aliphatic carbocycles. The molecule has 0 radical (unpaired) electrons. The van der Waals surface area contributed by atoms with Crippen molar-refractivity contribution in [1.82, 2.24) is 24.4 Å². The zero-order valence-corrected chi connectivity index (χ0v) is 15.4. The number of amides is 2. The van der Waals surface area contributed by atoms with Crippen LogP contribution in [0.1, 0.15) is 50.1 Å². The minimum atomic E-state index is -0.0754. The molecule has 2 aliphatic rings. The van der Waals surface area contributed by atoms with Gasteiger partial charge >= 0.3 is 0 Å². The minimum absolute atomic E-state index is 0.0688. The van der Waals surface area contributed by atoms with Crippen LogP contribution in [-0.2, 0) is 12.8 Å². The van der Waals surface area contributed by atoms with Crippen LogP contribution in [0.3, 0.4) is 0 Å². The maximum Gasteiger partial charge on any atom is 0.282 e. The van der Waals surface area contributed by atoms with Gasteiger partial charge in [-0.05, 0) is 30.8 Å². The molecule has 25 heavy (non-hydrogen) atoms. The van der Waals surface area contributed by atoms with Crippen LogP contribution in [-0.4, -0.2) is 62.4 Å². The normalized spacial score (nSPS) is 17.9. The van der Waals surface area contributed by atoms with Crippen molar-refractivity contribution in [3.63, 3.8) is 0 Å². The largest absolute Gasteiger partial charge is 0.337 e. The van der Waals surface area contributed by atoms with E-state index in [4.69, 9.17) is 0 Å². The summed E-state index contributed by atoms with van der Waals surface area (Å²) in [4.78, 5) is 34.5. The molecule has 132 valence electrons. The molecule has 0 saturated carbocycles. The number of carbonyl (C=O) groups is 2. The van der Waals surface area contributed by atoms with Gasteiger partial charge in [0.1, 0.15) is 0 Å². The van der Waals surface area contributed by atoms with Crippen LogP contribution in [0.25, 0.3) is 0 Å². The summed E-state index contributed by atoms with van der Waals surface area (Å²) >= 11 is 2.68. The van der Waals surface area contributed by atoms with E-state index in [1.165, 1.54) is 29.3 Å². The molecule has 7 nitrogen and oxygen atoms in total. The van der Waals surface area contributed by atoms with Gasteiger partial charge in [0, 0.05) is 49.3 Å². The highest BCUT2D eigenvalue weighted by molar-refractivity contribution is 7.13. The smallest absolute Gasteiger partial charge is 0.282 e. The van der Waals surface area contributed by atoms with Gasteiger partial charge in [-0.2, -0.15) is 0 Å². The Bertz CT molecular complexity index is 742.